The summed E-state index contributed by atoms with van der Waals surface area (Å²) in [6, 6.07) is 14.5. The van der Waals surface area contributed by atoms with E-state index in [1.807, 2.05) is 18.2 Å². The van der Waals surface area contributed by atoms with Gasteiger partial charge >= 0.3 is 0 Å². The highest BCUT2D eigenvalue weighted by atomic mass is 16.7. The van der Waals surface area contributed by atoms with Crippen molar-refractivity contribution in [2.75, 3.05) is 19.8 Å². The molecular formula is C18H21NO3. The SMILES string of the molecule is C(=NOCCOC1CCCCO1)c1ccc2ccccc2c1. The van der Waals surface area contributed by atoms with Crippen LogP contribution < -0.4 is 0 Å². The minimum absolute atomic E-state index is 0.0678. The van der Waals surface area contributed by atoms with Crippen LogP contribution in [-0.4, -0.2) is 32.3 Å². The van der Waals surface area contributed by atoms with Gasteiger partial charge in [-0.05, 0) is 41.7 Å². The van der Waals surface area contributed by atoms with Crippen molar-refractivity contribution in [3.8, 4) is 0 Å². The molecule has 1 heterocycles. The zero-order valence-electron chi connectivity index (χ0n) is 12.6. The first-order valence-electron chi connectivity index (χ1n) is 7.79. The van der Waals surface area contributed by atoms with Crippen molar-refractivity contribution in [1.82, 2.24) is 0 Å². The first kappa shape index (κ1) is 15.0. The van der Waals surface area contributed by atoms with Gasteiger partial charge < -0.3 is 14.3 Å². The second-order valence-corrected chi connectivity index (χ2v) is 5.34. The van der Waals surface area contributed by atoms with Crippen LogP contribution in [0, 0.1) is 0 Å². The standard InChI is InChI=1S/C18H21NO3/c1-2-6-17-13-15(8-9-16(17)5-1)14-19-22-12-11-21-18-7-3-4-10-20-18/h1-2,5-6,8-9,13-14,18H,3-4,7,10-12H2. The summed E-state index contributed by atoms with van der Waals surface area (Å²) in [6.07, 6.45) is 4.93. The van der Waals surface area contributed by atoms with Crippen LogP contribution in [0.2, 0.25) is 0 Å². The number of ether oxygens (including phenoxy) is 2. The summed E-state index contributed by atoms with van der Waals surface area (Å²) in [6.45, 7) is 1.73. The van der Waals surface area contributed by atoms with Gasteiger partial charge in [0.15, 0.2) is 6.29 Å². The van der Waals surface area contributed by atoms with Gasteiger partial charge in [-0.15, -0.1) is 0 Å². The summed E-state index contributed by atoms with van der Waals surface area (Å²) in [5.41, 5.74) is 1.02. The summed E-state index contributed by atoms with van der Waals surface area (Å²) in [5, 5.41) is 6.41. The van der Waals surface area contributed by atoms with Crippen molar-refractivity contribution in [1.29, 1.82) is 0 Å². The molecule has 0 N–H and O–H groups in total. The van der Waals surface area contributed by atoms with Gasteiger partial charge in [0.25, 0.3) is 0 Å². The molecule has 1 atom stereocenters. The number of hydrogen-bond acceptors (Lipinski definition) is 4. The highest BCUT2D eigenvalue weighted by Crippen LogP contribution is 2.15. The number of benzene rings is 2. The fourth-order valence-electron chi connectivity index (χ4n) is 2.50. The molecule has 0 spiro atoms. The van der Waals surface area contributed by atoms with E-state index in [9.17, 15) is 0 Å². The lowest BCUT2D eigenvalue weighted by molar-refractivity contribution is -0.168. The van der Waals surface area contributed by atoms with Gasteiger partial charge in [0, 0.05) is 6.61 Å². The summed E-state index contributed by atoms with van der Waals surface area (Å²) >= 11 is 0. The second-order valence-electron chi connectivity index (χ2n) is 5.34. The third-order valence-corrected chi connectivity index (χ3v) is 3.67. The minimum atomic E-state index is -0.0678. The molecule has 4 heteroatoms. The van der Waals surface area contributed by atoms with Crippen LogP contribution in [-0.2, 0) is 14.3 Å². The number of oxime groups is 1. The number of nitrogens with zero attached hydrogens (tertiary/aromatic N) is 1. The van der Waals surface area contributed by atoms with E-state index in [4.69, 9.17) is 14.3 Å². The van der Waals surface area contributed by atoms with E-state index in [0.29, 0.717) is 13.2 Å². The van der Waals surface area contributed by atoms with Crippen molar-refractivity contribution in [3.05, 3.63) is 48.0 Å². The molecule has 0 bridgehead atoms. The first-order valence-corrected chi connectivity index (χ1v) is 7.79. The highest BCUT2D eigenvalue weighted by molar-refractivity contribution is 5.90. The van der Waals surface area contributed by atoms with Crippen LogP contribution in [0.3, 0.4) is 0 Å². The average molecular weight is 299 g/mol. The molecule has 22 heavy (non-hydrogen) atoms. The van der Waals surface area contributed by atoms with Gasteiger partial charge in [-0.25, -0.2) is 0 Å². The molecule has 0 saturated carbocycles. The Morgan fingerprint density at radius 1 is 1.09 bits per heavy atom. The molecule has 1 aliphatic heterocycles. The van der Waals surface area contributed by atoms with Gasteiger partial charge in [0.2, 0.25) is 0 Å². The molecule has 3 rings (SSSR count). The van der Waals surface area contributed by atoms with E-state index >= 15 is 0 Å². The lowest BCUT2D eigenvalue weighted by Gasteiger charge is -2.22. The van der Waals surface area contributed by atoms with E-state index < -0.39 is 0 Å². The molecule has 116 valence electrons. The summed E-state index contributed by atoms with van der Waals surface area (Å²) in [4.78, 5) is 5.23. The van der Waals surface area contributed by atoms with Gasteiger partial charge in [-0.1, -0.05) is 41.6 Å². The number of rotatable bonds is 6. The van der Waals surface area contributed by atoms with Gasteiger partial charge in [0.1, 0.15) is 6.61 Å². The lowest BCUT2D eigenvalue weighted by Crippen LogP contribution is -2.23. The van der Waals surface area contributed by atoms with Crippen LogP contribution in [0.5, 0.6) is 0 Å². The Morgan fingerprint density at radius 3 is 2.86 bits per heavy atom. The molecule has 4 nitrogen and oxygen atoms in total. The Labute approximate surface area is 130 Å². The zero-order chi connectivity index (χ0) is 15.0. The van der Waals surface area contributed by atoms with Gasteiger partial charge in [-0.3, -0.25) is 0 Å². The molecule has 0 aromatic heterocycles. The Balaban J connectivity index is 1.41. The van der Waals surface area contributed by atoms with Crippen LogP contribution in [0.4, 0.5) is 0 Å². The topological polar surface area (TPSA) is 40.0 Å². The molecule has 1 aliphatic rings. The van der Waals surface area contributed by atoms with Gasteiger partial charge in [-0.2, -0.15) is 0 Å². The highest BCUT2D eigenvalue weighted by Gasteiger charge is 2.13. The maximum absolute atomic E-state index is 5.57. The molecule has 1 saturated heterocycles. The van der Waals surface area contributed by atoms with Crippen LogP contribution in [0.25, 0.3) is 10.8 Å². The number of hydrogen-bond donors (Lipinski definition) is 0. The Morgan fingerprint density at radius 2 is 2.00 bits per heavy atom. The van der Waals surface area contributed by atoms with E-state index in [2.05, 4.69) is 29.4 Å². The average Bonchev–Trinajstić information content (AvgIpc) is 2.59. The van der Waals surface area contributed by atoms with Crippen LogP contribution in [0.1, 0.15) is 24.8 Å². The third kappa shape index (κ3) is 4.29. The lowest BCUT2D eigenvalue weighted by atomic mass is 10.1. The predicted octanol–water partition coefficient (Wildman–Crippen LogP) is 3.73. The molecular weight excluding hydrogens is 278 g/mol. The van der Waals surface area contributed by atoms with Crippen LogP contribution >= 0.6 is 0 Å². The van der Waals surface area contributed by atoms with Gasteiger partial charge in [0.05, 0.1) is 12.8 Å². The minimum Gasteiger partial charge on any atom is -0.393 e. The third-order valence-electron chi connectivity index (χ3n) is 3.67. The van der Waals surface area contributed by atoms with Crippen molar-refractivity contribution < 1.29 is 14.3 Å². The smallest absolute Gasteiger partial charge is 0.157 e. The quantitative estimate of drug-likeness (QED) is 0.463. The van der Waals surface area contributed by atoms with Crippen molar-refractivity contribution in [2.24, 2.45) is 5.16 Å². The van der Waals surface area contributed by atoms with Crippen LogP contribution in [0.15, 0.2) is 47.6 Å². The molecule has 0 amide bonds. The molecule has 2 aromatic rings. The largest absolute Gasteiger partial charge is 0.393 e. The molecule has 0 aliphatic carbocycles. The Bertz CT molecular complexity index is 621. The Hall–Kier alpha value is -1.91. The number of fused-ring (bicyclic) bond motifs is 1. The normalized spacial score (nSPS) is 18.8. The fraction of sp³-hybridized carbons (Fsp3) is 0.389. The van der Waals surface area contributed by atoms with E-state index in [-0.39, 0.29) is 6.29 Å². The van der Waals surface area contributed by atoms with E-state index in [1.165, 1.54) is 17.2 Å². The monoisotopic (exact) mass is 299 g/mol. The molecule has 0 radical (unpaired) electrons. The maximum Gasteiger partial charge on any atom is 0.157 e. The second kappa shape index (κ2) is 7.92. The van der Waals surface area contributed by atoms with Crippen molar-refractivity contribution in [2.45, 2.75) is 25.6 Å². The first-order chi connectivity index (χ1) is 10.9. The molecule has 1 fully saturated rings. The van der Waals surface area contributed by atoms with E-state index in [1.54, 1.807) is 6.21 Å². The van der Waals surface area contributed by atoms with E-state index in [0.717, 1.165) is 25.0 Å². The molecule has 2 aromatic carbocycles. The van der Waals surface area contributed by atoms with Crippen molar-refractivity contribution in [3.63, 3.8) is 0 Å². The maximum atomic E-state index is 5.57. The Kier molecular flexibility index (Phi) is 5.40. The predicted molar refractivity (Wildman–Crippen MR) is 87.0 cm³/mol. The summed E-state index contributed by atoms with van der Waals surface area (Å²) in [7, 11) is 0. The summed E-state index contributed by atoms with van der Waals surface area (Å²) < 4.78 is 11.1. The zero-order valence-corrected chi connectivity index (χ0v) is 12.6. The van der Waals surface area contributed by atoms with Crippen molar-refractivity contribution >= 4 is 17.0 Å². The summed E-state index contributed by atoms with van der Waals surface area (Å²) in [5.74, 6) is 0. The fourth-order valence-corrected chi connectivity index (χ4v) is 2.50. The molecule has 1 unspecified atom stereocenters.